The van der Waals surface area contributed by atoms with Gasteiger partial charge in [-0.05, 0) is 18.2 Å². The zero-order valence-corrected chi connectivity index (χ0v) is 8.58. The van der Waals surface area contributed by atoms with Crippen LogP contribution in [0, 0.1) is 22.7 Å². The van der Waals surface area contributed by atoms with E-state index in [2.05, 4.69) is 15.9 Å². The van der Waals surface area contributed by atoms with Gasteiger partial charge in [0.2, 0.25) is 0 Å². The van der Waals surface area contributed by atoms with Crippen LogP contribution in [0.15, 0.2) is 28.7 Å². The molecule has 0 aliphatic rings. The summed E-state index contributed by atoms with van der Waals surface area (Å²) in [4.78, 5) is 0. The molecule has 0 aromatic heterocycles. The van der Waals surface area contributed by atoms with E-state index in [1.807, 2.05) is 24.3 Å². The van der Waals surface area contributed by atoms with Gasteiger partial charge in [0.05, 0.1) is 7.11 Å². The fourth-order valence-corrected chi connectivity index (χ4v) is 0.972. The molecule has 0 aliphatic carbocycles. The van der Waals surface area contributed by atoms with E-state index in [1.54, 1.807) is 7.11 Å². The summed E-state index contributed by atoms with van der Waals surface area (Å²) < 4.78 is 6.01. The van der Waals surface area contributed by atoms with Crippen LogP contribution in [0.1, 0.15) is 0 Å². The van der Waals surface area contributed by atoms with Crippen molar-refractivity contribution in [2.24, 2.45) is 0 Å². The van der Waals surface area contributed by atoms with Crippen LogP contribution < -0.4 is 4.74 Å². The number of ether oxygens (including phenoxy) is 1. The van der Waals surface area contributed by atoms with Gasteiger partial charge in [0, 0.05) is 4.47 Å². The number of halogens is 1. The Labute approximate surface area is 85.3 Å². The Kier molecular flexibility index (Phi) is 6.31. The molecule has 0 fully saturated rings. The summed E-state index contributed by atoms with van der Waals surface area (Å²) in [5.41, 5.74) is 0. The van der Waals surface area contributed by atoms with Crippen LogP contribution in [0.25, 0.3) is 0 Å². The van der Waals surface area contributed by atoms with Crippen molar-refractivity contribution in [1.29, 1.82) is 10.5 Å². The van der Waals surface area contributed by atoms with Crippen molar-refractivity contribution in [3.63, 3.8) is 0 Å². The van der Waals surface area contributed by atoms with Crippen LogP contribution in [0.3, 0.4) is 0 Å². The van der Waals surface area contributed by atoms with Crippen LogP contribution >= 0.6 is 15.9 Å². The zero-order chi connectivity index (χ0) is 10.1. The number of hydrogen-bond acceptors (Lipinski definition) is 3. The van der Waals surface area contributed by atoms with Gasteiger partial charge in [0.1, 0.15) is 5.75 Å². The van der Waals surface area contributed by atoms with Gasteiger partial charge >= 0.3 is 0 Å². The molecule has 0 radical (unpaired) electrons. The van der Waals surface area contributed by atoms with Gasteiger partial charge in [-0.3, -0.25) is 0 Å². The zero-order valence-electron chi connectivity index (χ0n) is 6.99. The molecule has 1 aromatic carbocycles. The molecule has 0 unspecified atom stereocenters. The number of benzene rings is 1. The molecule has 0 heterocycles. The highest BCUT2D eigenvalue weighted by molar-refractivity contribution is 9.10. The topological polar surface area (TPSA) is 56.8 Å². The summed E-state index contributed by atoms with van der Waals surface area (Å²) in [7, 11) is 1.65. The highest BCUT2D eigenvalue weighted by atomic mass is 79.9. The Morgan fingerprint density at radius 3 is 2.23 bits per heavy atom. The Hall–Kier alpha value is -1.52. The summed E-state index contributed by atoms with van der Waals surface area (Å²) in [5, 5.41) is 14.5. The van der Waals surface area contributed by atoms with E-state index in [0.717, 1.165) is 10.2 Å². The molecule has 0 aliphatic heterocycles. The van der Waals surface area contributed by atoms with E-state index in [0.29, 0.717) is 0 Å². The van der Waals surface area contributed by atoms with Crippen molar-refractivity contribution in [2.45, 2.75) is 0 Å². The van der Waals surface area contributed by atoms with Gasteiger partial charge in [-0.15, -0.1) is 0 Å². The lowest BCUT2D eigenvalue weighted by atomic mass is 10.3. The predicted octanol–water partition coefficient (Wildman–Crippen LogP) is 2.49. The second-order valence-corrected chi connectivity index (χ2v) is 2.80. The number of rotatable bonds is 1. The molecule has 3 nitrogen and oxygen atoms in total. The Bertz CT molecular complexity index is 326. The third-order valence-electron chi connectivity index (χ3n) is 1.08. The molecular formula is C9H7BrN2O. The highest BCUT2D eigenvalue weighted by Gasteiger charge is 1.88. The number of nitriles is 2. The van der Waals surface area contributed by atoms with Crippen LogP contribution in [0.2, 0.25) is 0 Å². The van der Waals surface area contributed by atoms with Crippen molar-refractivity contribution < 1.29 is 4.74 Å². The van der Waals surface area contributed by atoms with Crippen LogP contribution in [0.4, 0.5) is 0 Å². The minimum atomic E-state index is 0.879. The average Bonchev–Trinajstić information content (AvgIpc) is 2.18. The van der Waals surface area contributed by atoms with Gasteiger partial charge in [0.15, 0.2) is 12.1 Å². The van der Waals surface area contributed by atoms with Crippen molar-refractivity contribution in [3.05, 3.63) is 28.7 Å². The first kappa shape index (κ1) is 11.5. The van der Waals surface area contributed by atoms with E-state index >= 15 is 0 Å². The van der Waals surface area contributed by atoms with Crippen LogP contribution in [0.5, 0.6) is 5.75 Å². The Morgan fingerprint density at radius 1 is 1.31 bits per heavy atom. The van der Waals surface area contributed by atoms with Gasteiger partial charge < -0.3 is 4.74 Å². The Balaban J connectivity index is 0.000000310. The minimum Gasteiger partial charge on any atom is -0.497 e. The van der Waals surface area contributed by atoms with Gasteiger partial charge in [-0.1, -0.05) is 22.0 Å². The van der Waals surface area contributed by atoms with E-state index in [9.17, 15) is 0 Å². The van der Waals surface area contributed by atoms with Crippen molar-refractivity contribution >= 4 is 15.9 Å². The average molecular weight is 239 g/mol. The quantitative estimate of drug-likeness (QED) is 0.756. The maximum Gasteiger partial charge on any atom is 0.181 e. The molecule has 1 rings (SSSR count). The lowest BCUT2D eigenvalue weighted by Gasteiger charge is -1.96. The fraction of sp³-hybridized carbons (Fsp3) is 0.111. The third kappa shape index (κ3) is 5.72. The summed E-state index contributed by atoms with van der Waals surface area (Å²) in [5.74, 6) is 0.879. The van der Waals surface area contributed by atoms with Crippen molar-refractivity contribution in [2.75, 3.05) is 7.11 Å². The second kappa shape index (κ2) is 7.15. The van der Waals surface area contributed by atoms with Gasteiger partial charge in [-0.25, -0.2) is 0 Å². The highest BCUT2D eigenvalue weighted by Crippen LogP contribution is 2.16. The Morgan fingerprint density at radius 2 is 1.92 bits per heavy atom. The van der Waals surface area contributed by atoms with Crippen molar-refractivity contribution in [1.82, 2.24) is 0 Å². The molecule has 0 saturated carbocycles. The van der Waals surface area contributed by atoms with Gasteiger partial charge in [0.25, 0.3) is 0 Å². The standard InChI is InChI=1S/C7H7BrO.C2N2/c1-9-7-4-2-3-6(8)5-7;3-1-2-4/h2-5H,1H3;. The van der Waals surface area contributed by atoms with E-state index in [4.69, 9.17) is 15.3 Å². The number of nitrogens with zero attached hydrogens (tertiary/aromatic N) is 2. The normalized spacial score (nSPS) is 7.08. The molecule has 4 heteroatoms. The molecule has 0 amide bonds. The summed E-state index contributed by atoms with van der Waals surface area (Å²) in [6.07, 6.45) is 0. The smallest absolute Gasteiger partial charge is 0.181 e. The van der Waals surface area contributed by atoms with Gasteiger partial charge in [-0.2, -0.15) is 10.5 Å². The summed E-state index contributed by atoms with van der Waals surface area (Å²) >= 11 is 3.32. The lowest BCUT2D eigenvalue weighted by molar-refractivity contribution is 0.414. The largest absolute Gasteiger partial charge is 0.497 e. The molecule has 0 atom stereocenters. The fourth-order valence-electron chi connectivity index (χ4n) is 0.594. The molecule has 0 saturated heterocycles. The predicted molar refractivity (Wildman–Crippen MR) is 51.9 cm³/mol. The number of hydrogen-bond donors (Lipinski definition) is 0. The first-order valence-electron chi connectivity index (χ1n) is 3.32. The molecule has 0 bridgehead atoms. The molecule has 0 N–H and O–H groups in total. The van der Waals surface area contributed by atoms with E-state index in [1.165, 1.54) is 12.1 Å². The lowest BCUT2D eigenvalue weighted by Crippen LogP contribution is -1.79. The van der Waals surface area contributed by atoms with Crippen molar-refractivity contribution in [3.8, 4) is 17.9 Å². The minimum absolute atomic E-state index is 0.879. The SMILES string of the molecule is COc1cccc(Br)c1.N#CC#N. The first-order chi connectivity index (χ1) is 6.24. The maximum absolute atomic E-state index is 7.26. The van der Waals surface area contributed by atoms with E-state index in [-0.39, 0.29) is 0 Å². The molecule has 66 valence electrons. The van der Waals surface area contributed by atoms with Crippen LogP contribution in [-0.4, -0.2) is 7.11 Å². The first-order valence-corrected chi connectivity index (χ1v) is 4.11. The molecular weight excluding hydrogens is 232 g/mol. The molecule has 0 spiro atoms. The summed E-state index contributed by atoms with van der Waals surface area (Å²) in [6, 6.07) is 10.2. The summed E-state index contributed by atoms with van der Waals surface area (Å²) in [6.45, 7) is 0. The molecule has 13 heavy (non-hydrogen) atoms. The second-order valence-electron chi connectivity index (χ2n) is 1.89. The maximum atomic E-state index is 7.26. The monoisotopic (exact) mass is 238 g/mol. The van der Waals surface area contributed by atoms with E-state index < -0.39 is 0 Å². The van der Waals surface area contributed by atoms with Crippen LogP contribution in [-0.2, 0) is 0 Å². The molecule has 1 aromatic rings. The number of methoxy groups -OCH3 is 1. The third-order valence-corrected chi connectivity index (χ3v) is 1.58.